The van der Waals surface area contributed by atoms with Gasteiger partial charge < -0.3 is 24.7 Å². The Morgan fingerprint density at radius 1 is 0.651 bits per heavy atom. The number of hydrogen-bond donors (Lipinski definition) is 4. The Balaban J connectivity index is 3.24. The van der Waals surface area contributed by atoms with Gasteiger partial charge in [-0.25, -0.2) is 4.57 Å². The lowest BCUT2D eigenvalue weighted by Gasteiger charge is -2.44. The molecule has 0 bridgehead atoms. The first-order chi connectivity index (χ1) is 19.2. The average molecular weight is 621 g/mol. The SMILES string of the molecule is Cc1cc(C(C)(C)C)c(OC(c2c(C(C)(C)C)cc(C)cc2C(C)(C)C)C(CO)(CO)COP(=O)(O)O)c(C(C)(C)C)c1. The van der Waals surface area contributed by atoms with Crippen molar-refractivity contribution in [3.8, 4) is 5.75 Å². The van der Waals surface area contributed by atoms with Crippen LogP contribution in [0, 0.1) is 19.3 Å². The maximum Gasteiger partial charge on any atom is 0.469 e. The molecule has 43 heavy (non-hydrogen) atoms. The Morgan fingerprint density at radius 3 is 1.26 bits per heavy atom. The molecule has 2 aromatic carbocycles. The minimum atomic E-state index is -4.96. The van der Waals surface area contributed by atoms with Gasteiger partial charge in [0.1, 0.15) is 11.9 Å². The molecule has 0 aliphatic rings. The van der Waals surface area contributed by atoms with Crippen LogP contribution in [0.2, 0.25) is 0 Å². The molecule has 0 aliphatic heterocycles. The monoisotopic (exact) mass is 620 g/mol. The number of benzene rings is 2. The fourth-order valence-corrected chi connectivity index (χ4v) is 5.96. The molecule has 2 rings (SSSR count). The molecule has 8 heteroatoms. The molecule has 0 saturated heterocycles. The summed E-state index contributed by atoms with van der Waals surface area (Å²) in [5.41, 5.74) is 3.74. The second-order valence-electron chi connectivity index (χ2n) is 16.4. The molecule has 4 N–H and O–H groups in total. The topological polar surface area (TPSA) is 116 Å². The van der Waals surface area contributed by atoms with Crippen LogP contribution >= 0.6 is 7.82 Å². The summed E-state index contributed by atoms with van der Waals surface area (Å²) in [6.45, 7) is 27.5. The summed E-state index contributed by atoms with van der Waals surface area (Å²) in [7, 11) is -4.96. The first-order valence-electron chi connectivity index (χ1n) is 15.1. The lowest BCUT2D eigenvalue weighted by molar-refractivity contribution is -0.0743. The summed E-state index contributed by atoms with van der Waals surface area (Å²) in [4.78, 5) is 19.5. The summed E-state index contributed by atoms with van der Waals surface area (Å²) >= 11 is 0. The third-order valence-electron chi connectivity index (χ3n) is 7.99. The lowest BCUT2D eigenvalue weighted by atomic mass is 9.69. The molecule has 0 spiro atoms. The lowest BCUT2D eigenvalue weighted by Crippen LogP contribution is -2.45. The van der Waals surface area contributed by atoms with Crippen molar-refractivity contribution in [3.63, 3.8) is 0 Å². The fraction of sp³-hybridized carbons (Fsp3) is 0.657. The Labute approximate surface area is 260 Å². The van der Waals surface area contributed by atoms with Crippen molar-refractivity contribution >= 4 is 7.82 Å². The number of aliphatic hydroxyl groups is 2. The zero-order valence-corrected chi connectivity index (χ0v) is 29.9. The molecule has 7 nitrogen and oxygen atoms in total. The van der Waals surface area contributed by atoms with Crippen LogP contribution in [0.5, 0.6) is 5.75 Å². The molecule has 1 unspecified atom stereocenters. The minimum absolute atomic E-state index is 0.331. The standard InChI is InChI=1S/C35H57O7P/c1-22-15-24(31(3,4)5)28(25(16-22)32(6,7)8)30(35(19-36,20-37)21-41-43(38,39)40)42-29-26(33(9,10)11)17-23(2)18-27(29)34(12,13)14/h15-18,30,36-37H,19-21H2,1-14H3,(H2,38,39,40). The van der Waals surface area contributed by atoms with Gasteiger partial charge in [0.05, 0.1) is 25.2 Å². The van der Waals surface area contributed by atoms with Gasteiger partial charge in [-0.2, -0.15) is 0 Å². The molecule has 244 valence electrons. The second kappa shape index (κ2) is 12.6. The highest BCUT2D eigenvalue weighted by Crippen LogP contribution is 2.51. The van der Waals surface area contributed by atoms with E-state index in [1.54, 1.807) is 0 Å². The van der Waals surface area contributed by atoms with E-state index in [2.05, 4.69) is 114 Å². The summed E-state index contributed by atoms with van der Waals surface area (Å²) in [6.07, 6.45) is -1.04. The van der Waals surface area contributed by atoms with Crippen molar-refractivity contribution in [2.75, 3.05) is 19.8 Å². The van der Waals surface area contributed by atoms with E-state index in [0.29, 0.717) is 5.75 Å². The van der Waals surface area contributed by atoms with E-state index in [1.807, 2.05) is 6.92 Å². The van der Waals surface area contributed by atoms with Gasteiger partial charge in [0.25, 0.3) is 0 Å². The van der Waals surface area contributed by atoms with Crippen LogP contribution in [0.3, 0.4) is 0 Å². The predicted octanol–water partition coefficient (Wildman–Crippen LogP) is 7.69. The third-order valence-corrected chi connectivity index (χ3v) is 8.46. The zero-order chi connectivity index (χ0) is 33.6. The van der Waals surface area contributed by atoms with Crippen LogP contribution in [0.25, 0.3) is 0 Å². The van der Waals surface area contributed by atoms with Crippen LogP contribution in [0.15, 0.2) is 24.3 Å². The highest BCUT2D eigenvalue weighted by Gasteiger charge is 2.47. The fourth-order valence-electron chi connectivity index (χ4n) is 5.54. The number of aliphatic hydroxyl groups excluding tert-OH is 2. The van der Waals surface area contributed by atoms with Crippen LogP contribution in [0.1, 0.15) is 128 Å². The Morgan fingerprint density at radius 2 is 0.977 bits per heavy atom. The van der Waals surface area contributed by atoms with Gasteiger partial charge in [-0.05, 0) is 46.6 Å². The van der Waals surface area contributed by atoms with Crippen molar-refractivity contribution in [2.24, 2.45) is 5.41 Å². The van der Waals surface area contributed by atoms with Crippen LogP contribution in [0.4, 0.5) is 0 Å². The quantitative estimate of drug-likeness (QED) is 0.212. The maximum absolute atomic E-state index is 12.0. The first-order valence-corrected chi connectivity index (χ1v) is 16.6. The highest BCUT2D eigenvalue weighted by atomic mass is 31.2. The van der Waals surface area contributed by atoms with Crippen molar-refractivity contribution in [1.29, 1.82) is 0 Å². The molecule has 0 aliphatic carbocycles. The normalized spacial score (nSPS) is 14.7. The Bertz CT molecular complexity index is 1250. The van der Waals surface area contributed by atoms with Crippen LogP contribution in [-0.2, 0) is 30.7 Å². The summed E-state index contributed by atoms with van der Waals surface area (Å²) < 4.78 is 24.3. The molecule has 0 fully saturated rings. The van der Waals surface area contributed by atoms with E-state index in [1.165, 1.54) is 0 Å². The summed E-state index contributed by atoms with van der Waals surface area (Å²) in [5, 5.41) is 22.1. The Hall–Kier alpha value is -1.73. The molecule has 2 aromatic rings. The summed E-state index contributed by atoms with van der Waals surface area (Å²) in [6, 6.07) is 8.43. The number of phosphoric acid groups is 1. The van der Waals surface area contributed by atoms with E-state index in [-0.39, 0.29) is 21.7 Å². The van der Waals surface area contributed by atoms with Crippen molar-refractivity contribution < 1.29 is 33.8 Å². The van der Waals surface area contributed by atoms with E-state index in [0.717, 1.165) is 38.9 Å². The smallest absolute Gasteiger partial charge is 0.469 e. The molecule has 0 aromatic heterocycles. The van der Waals surface area contributed by atoms with Gasteiger partial charge in [-0.15, -0.1) is 0 Å². The molecule has 0 saturated carbocycles. The average Bonchev–Trinajstić information content (AvgIpc) is 2.81. The van der Waals surface area contributed by atoms with Gasteiger partial charge in [-0.1, -0.05) is 118 Å². The summed E-state index contributed by atoms with van der Waals surface area (Å²) in [5.74, 6) is 0.637. The van der Waals surface area contributed by atoms with Gasteiger partial charge in [0.15, 0.2) is 0 Å². The molecule has 0 amide bonds. The first kappa shape index (κ1) is 37.5. The van der Waals surface area contributed by atoms with E-state index in [4.69, 9.17) is 9.26 Å². The molecule has 0 radical (unpaired) electrons. The van der Waals surface area contributed by atoms with Crippen LogP contribution in [-0.4, -0.2) is 39.8 Å². The van der Waals surface area contributed by atoms with Gasteiger partial charge in [-0.3, -0.25) is 4.52 Å². The Kier molecular flexibility index (Phi) is 11.0. The van der Waals surface area contributed by atoms with Crippen LogP contribution < -0.4 is 4.74 Å². The second-order valence-corrected chi connectivity index (χ2v) is 17.6. The number of hydrogen-bond acceptors (Lipinski definition) is 5. The molecular weight excluding hydrogens is 563 g/mol. The van der Waals surface area contributed by atoms with E-state index >= 15 is 0 Å². The van der Waals surface area contributed by atoms with Gasteiger partial charge in [0, 0.05) is 16.7 Å². The van der Waals surface area contributed by atoms with Crippen molar-refractivity contribution in [1.82, 2.24) is 0 Å². The molecular formula is C35H57O7P. The predicted molar refractivity (Wildman–Crippen MR) is 175 cm³/mol. The maximum atomic E-state index is 12.0. The number of ether oxygens (including phenoxy) is 1. The number of rotatable bonds is 9. The highest BCUT2D eigenvalue weighted by molar-refractivity contribution is 7.46. The largest absolute Gasteiger partial charge is 0.484 e. The van der Waals surface area contributed by atoms with Crippen molar-refractivity contribution in [2.45, 2.75) is 125 Å². The van der Waals surface area contributed by atoms with E-state index < -0.39 is 39.2 Å². The number of phosphoric ester groups is 1. The number of aryl methyl sites for hydroxylation is 2. The molecule has 0 heterocycles. The van der Waals surface area contributed by atoms with Crippen molar-refractivity contribution in [3.05, 3.63) is 63.2 Å². The third kappa shape index (κ3) is 8.93. The zero-order valence-electron chi connectivity index (χ0n) is 29.0. The van der Waals surface area contributed by atoms with Gasteiger partial charge >= 0.3 is 7.82 Å². The molecule has 1 atom stereocenters. The van der Waals surface area contributed by atoms with Gasteiger partial charge in [0.2, 0.25) is 0 Å². The van der Waals surface area contributed by atoms with E-state index in [9.17, 15) is 24.6 Å². The minimum Gasteiger partial charge on any atom is -0.484 e.